The first kappa shape index (κ1) is 13.1. The van der Waals surface area contributed by atoms with E-state index in [1.807, 2.05) is 0 Å². The van der Waals surface area contributed by atoms with Gasteiger partial charge in [-0.05, 0) is 38.3 Å². The normalized spacial score (nSPS) is 19.4. The molecule has 0 radical (unpaired) electrons. The van der Waals surface area contributed by atoms with E-state index in [1.54, 1.807) is 4.90 Å². The number of carbonyl (C=O) groups excluding carboxylic acids is 1. The van der Waals surface area contributed by atoms with Crippen molar-refractivity contribution < 1.29 is 4.79 Å². The number of hydrogen-bond acceptors (Lipinski definition) is 2. The lowest BCUT2D eigenvalue weighted by Crippen LogP contribution is -2.32. The zero-order valence-electron chi connectivity index (χ0n) is 10.2. The van der Waals surface area contributed by atoms with Gasteiger partial charge in [-0.15, -0.1) is 6.42 Å². The van der Waals surface area contributed by atoms with Gasteiger partial charge in [0, 0.05) is 13.0 Å². The Hall–Kier alpha value is -1.01. The van der Waals surface area contributed by atoms with Crippen LogP contribution in [-0.4, -0.2) is 37.0 Å². The maximum atomic E-state index is 11.9. The first-order chi connectivity index (χ1) is 7.77. The number of terminal acetylenes is 1. The second-order valence-electron chi connectivity index (χ2n) is 4.42. The SMILES string of the molecule is C#CCN(CCC)C(=O)CCC1CCNC1. The van der Waals surface area contributed by atoms with Gasteiger partial charge in [0.1, 0.15) is 0 Å². The van der Waals surface area contributed by atoms with Crippen LogP contribution in [0.5, 0.6) is 0 Å². The summed E-state index contributed by atoms with van der Waals surface area (Å²) in [5.41, 5.74) is 0. The number of rotatable bonds is 6. The van der Waals surface area contributed by atoms with E-state index in [-0.39, 0.29) is 5.91 Å². The van der Waals surface area contributed by atoms with E-state index in [2.05, 4.69) is 18.2 Å². The van der Waals surface area contributed by atoms with Crippen LogP contribution in [0.2, 0.25) is 0 Å². The second-order valence-corrected chi connectivity index (χ2v) is 4.42. The van der Waals surface area contributed by atoms with E-state index in [4.69, 9.17) is 6.42 Å². The zero-order valence-corrected chi connectivity index (χ0v) is 10.2. The van der Waals surface area contributed by atoms with Gasteiger partial charge < -0.3 is 10.2 Å². The third-order valence-corrected chi connectivity index (χ3v) is 3.06. The molecule has 0 aliphatic carbocycles. The van der Waals surface area contributed by atoms with Crippen molar-refractivity contribution in [1.29, 1.82) is 0 Å². The van der Waals surface area contributed by atoms with Gasteiger partial charge in [0.25, 0.3) is 0 Å². The fourth-order valence-corrected chi connectivity index (χ4v) is 2.12. The predicted molar refractivity (Wildman–Crippen MR) is 65.9 cm³/mol. The van der Waals surface area contributed by atoms with Gasteiger partial charge in [-0.25, -0.2) is 0 Å². The smallest absolute Gasteiger partial charge is 0.223 e. The van der Waals surface area contributed by atoms with Crippen LogP contribution in [0.15, 0.2) is 0 Å². The molecule has 1 heterocycles. The van der Waals surface area contributed by atoms with Crippen molar-refractivity contribution in [3.63, 3.8) is 0 Å². The molecule has 1 atom stereocenters. The first-order valence-corrected chi connectivity index (χ1v) is 6.19. The molecule has 1 rings (SSSR count). The van der Waals surface area contributed by atoms with E-state index in [9.17, 15) is 4.79 Å². The molecule has 1 saturated heterocycles. The Labute approximate surface area is 98.6 Å². The molecule has 0 aromatic rings. The minimum Gasteiger partial charge on any atom is -0.332 e. The van der Waals surface area contributed by atoms with Gasteiger partial charge in [0.05, 0.1) is 6.54 Å². The predicted octanol–water partition coefficient (Wildman–Crippen LogP) is 1.25. The van der Waals surface area contributed by atoms with Crippen molar-refractivity contribution in [3.8, 4) is 12.3 Å². The molecule has 0 saturated carbocycles. The van der Waals surface area contributed by atoms with Crippen LogP contribution in [0.25, 0.3) is 0 Å². The summed E-state index contributed by atoms with van der Waals surface area (Å²) in [6.45, 7) is 5.47. The van der Waals surface area contributed by atoms with Crippen LogP contribution in [-0.2, 0) is 4.79 Å². The molecule has 0 spiro atoms. The van der Waals surface area contributed by atoms with Gasteiger partial charge >= 0.3 is 0 Å². The van der Waals surface area contributed by atoms with E-state index in [0.717, 1.165) is 32.5 Å². The Morgan fingerprint density at radius 3 is 3.00 bits per heavy atom. The highest BCUT2D eigenvalue weighted by molar-refractivity contribution is 5.76. The largest absolute Gasteiger partial charge is 0.332 e. The summed E-state index contributed by atoms with van der Waals surface area (Å²) < 4.78 is 0. The van der Waals surface area contributed by atoms with Crippen LogP contribution < -0.4 is 5.32 Å². The lowest BCUT2D eigenvalue weighted by Gasteiger charge is -2.20. The monoisotopic (exact) mass is 222 g/mol. The number of nitrogens with zero attached hydrogens (tertiary/aromatic N) is 1. The summed E-state index contributed by atoms with van der Waals surface area (Å²) in [6.07, 6.45) is 9.08. The van der Waals surface area contributed by atoms with Crippen molar-refractivity contribution >= 4 is 5.91 Å². The molecule has 0 aromatic carbocycles. The average molecular weight is 222 g/mol. The molecule has 1 fully saturated rings. The van der Waals surface area contributed by atoms with Crippen molar-refractivity contribution in [1.82, 2.24) is 10.2 Å². The highest BCUT2D eigenvalue weighted by Gasteiger charge is 2.17. The van der Waals surface area contributed by atoms with Crippen LogP contribution in [0.1, 0.15) is 32.6 Å². The lowest BCUT2D eigenvalue weighted by molar-refractivity contribution is -0.130. The first-order valence-electron chi connectivity index (χ1n) is 6.19. The summed E-state index contributed by atoms with van der Waals surface area (Å²) in [5, 5.41) is 3.32. The Morgan fingerprint density at radius 2 is 2.44 bits per heavy atom. The van der Waals surface area contributed by atoms with Crippen LogP contribution in [0, 0.1) is 18.3 Å². The summed E-state index contributed by atoms with van der Waals surface area (Å²) in [7, 11) is 0. The molecule has 1 aliphatic rings. The Balaban J connectivity index is 2.27. The number of amides is 1. The minimum absolute atomic E-state index is 0.215. The summed E-state index contributed by atoms with van der Waals surface area (Å²) >= 11 is 0. The quantitative estimate of drug-likeness (QED) is 0.686. The molecular formula is C13H22N2O. The zero-order chi connectivity index (χ0) is 11.8. The average Bonchev–Trinajstić information content (AvgIpc) is 2.78. The molecule has 3 heteroatoms. The molecule has 0 bridgehead atoms. The minimum atomic E-state index is 0.215. The van der Waals surface area contributed by atoms with Gasteiger partial charge in [0.2, 0.25) is 5.91 Å². The Bertz CT molecular complexity index is 251. The van der Waals surface area contributed by atoms with Gasteiger partial charge in [-0.3, -0.25) is 4.79 Å². The van der Waals surface area contributed by atoms with E-state index in [1.165, 1.54) is 6.42 Å². The molecule has 3 nitrogen and oxygen atoms in total. The second kappa shape index (κ2) is 7.29. The maximum absolute atomic E-state index is 11.9. The van der Waals surface area contributed by atoms with E-state index < -0.39 is 0 Å². The van der Waals surface area contributed by atoms with Crippen LogP contribution in [0.4, 0.5) is 0 Å². The maximum Gasteiger partial charge on any atom is 0.223 e. The van der Waals surface area contributed by atoms with Crippen molar-refractivity contribution in [2.24, 2.45) is 5.92 Å². The van der Waals surface area contributed by atoms with E-state index in [0.29, 0.717) is 18.9 Å². The summed E-state index contributed by atoms with van der Waals surface area (Å²) in [4.78, 5) is 13.7. The van der Waals surface area contributed by atoms with Crippen LogP contribution >= 0.6 is 0 Å². The lowest BCUT2D eigenvalue weighted by atomic mass is 10.0. The van der Waals surface area contributed by atoms with Gasteiger partial charge in [0.15, 0.2) is 0 Å². The molecule has 1 unspecified atom stereocenters. The molecular weight excluding hydrogens is 200 g/mol. The number of carbonyl (C=O) groups is 1. The number of nitrogens with one attached hydrogen (secondary N) is 1. The van der Waals surface area contributed by atoms with Gasteiger partial charge in [-0.1, -0.05) is 12.8 Å². The highest BCUT2D eigenvalue weighted by atomic mass is 16.2. The fourth-order valence-electron chi connectivity index (χ4n) is 2.12. The molecule has 0 aromatic heterocycles. The molecule has 16 heavy (non-hydrogen) atoms. The summed E-state index contributed by atoms with van der Waals surface area (Å²) in [6, 6.07) is 0. The molecule has 90 valence electrons. The Morgan fingerprint density at radius 1 is 1.62 bits per heavy atom. The Kier molecular flexibility index (Phi) is 5.95. The fraction of sp³-hybridized carbons (Fsp3) is 0.769. The van der Waals surface area contributed by atoms with Gasteiger partial charge in [-0.2, -0.15) is 0 Å². The third-order valence-electron chi connectivity index (χ3n) is 3.06. The molecule has 1 N–H and O–H groups in total. The summed E-state index contributed by atoms with van der Waals surface area (Å²) in [5.74, 6) is 3.45. The van der Waals surface area contributed by atoms with Crippen molar-refractivity contribution in [2.45, 2.75) is 32.6 Å². The molecule has 1 aliphatic heterocycles. The topological polar surface area (TPSA) is 32.3 Å². The number of hydrogen-bond donors (Lipinski definition) is 1. The van der Waals surface area contributed by atoms with Crippen molar-refractivity contribution in [2.75, 3.05) is 26.2 Å². The molecule has 1 amide bonds. The van der Waals surface area contributed by atoms with Crippen molar-refractivity contribution in [3.05, 3.63) is 0 Å². The van der Waals surface area contributed by atoms with E-state index >= 15 is 0 Å². The van der Waals surface area contributed by atoms with Crippen LogP contribution in [0.3, 0.4) is 0 Å². The highest BCUT2D eigenvalue weighted by Crippen LogP contribution is 2.15. The standard InChI is InChI=1S/C13H22N2O/c1-3-9-15(10-4-2)13(16)6-5-12-7-8-14-11-12/h1,12,14H,4-11H2,2H3. The third kappa shape index (κ3) is 4.24.